The predicted molar refractivity (Wildman–Crippen MR) is 105 cm³/mol. The topological polar surface area (TPSA) is 74.9 Å². The molecule has 0 amide bonds. The number of aromatic nitrogens is 2. The fourth-order valence-corrected chi connectivity index (χ4v) is 7.62. The van der Waals surface area contributed by atoms with Gasteiger partial charge in [-0.1, -0.05) is 27.2 Å². The molecule has 0 aromatic carbocycles. The molecule has 0 radical (unpaired) electrons. The van der Waals surface area contributed by atoms with Crippen molar-refractivity contribution >= 4 is 0 Å². The molecule has 1 heterocycles. The third-order valence-electron chi connectivity index (χ3n) is 9.23. The van der Waals surface area contributed by atoms with Crippen molar-refractivity contribution in [1.29, 1.82) is 0 Å². The zero-order valence-electron chi connectivity index (χ0n) is 16.8. The van der Waals surface area contributed by atoms with Crippen LogP contribution in [0.15, 0.2) is 6.20 Å². The lowest BCUT2D eigenvalue weighted by Gasteiger charge is -2.56. The molecule has 26 heavy (non-hydrogen) atoms. The van der Waals surface area contributed by atoms with Gasteiger partial charge in [-0.05, 0) is 91.1 Å². The van der Waals surface area contributed by atoms with Gasteiger partial charge in [-0.2, -0.15) is 5.10 Å². The summed E-state index contributed by atoms with van der Waals surface area (Å²) >= 11 is 0. The molecule has 4 heteroatoms. The Labute approximate surface area is 158 Å². The summed E-state index contributed by atoms with van der Waals surface area (Å²) in [7, 11) is 0. The van der Waals surface area contributed by atoms with Crippen molar-refractivity contribution in [2.75, 3.05) is 13.2 Å². The molecule has 0 spiro atoms. The molecule has 1 aromatic rings. The van der Waals surface area contributed by atoms with E-state index in [4.69, 9.17) is 5.73 Å². The summed E-state index contributed by atoms with van der Waals surface area (Å²) < 4.78 is 0. The van der Waals surface area contributed by atoms with Crippen LogP contribution in [0.1, 0.15) is 64.1 Å². The van der Waals surface area contributed by atoms with Crippen LogP contribution in [-0.4, -0.2) is 28.5 Å². The Balaban J connectivity index is 1.67. The smallest absolute Gasteiger partial charge is 0.0522 e. The van der Waals surface area contributed by atoms with Crippen LogP contribution in [0, 0.1) is 40.4 Å². The first-order valence-corrected chi connectivity index (χ1v) is 10.8. The summed E-state index contributed by atoms with van der Waals surface area (Å²) in [6.07, 6.45) is 10.6. The van der Waals surface area contributed by atoms with Crippen molar-refractivity contribution in [2.24, 2.45) is 46.2 Å². The van der Waals surface area contributed by atoms with Gasteiger partial charge in [-0.3, -0.25) is 5.10 Å². The molecule has 1 aromatic heterocycles. The third kappa shape index (κ3) is 2.51. The molecule has 4 N–H and O–H groups in total. The summed E-state index contributed by atoms with van der Waals surface area (Å²) in [6, 6.07) is 0. The second kappa shape index (κ2) is 6.63. The molecule has 2 saturated carbocycles. The van der Waals surface area contributed by atoms with E-state index in [9.17, 15) is 5.11 Å². The van der Waals surface area contributed by atoms with E-state index in [1.807, 2.05) is 6.20 Å². The van der Waals surface area contributed by atoms with Crippen molar-refractivity contribution in [3.8, 4) is 0 Å². The summed E-state index contributed by atoms with van der Waals surface area (Å²) in [5, 5.41) is 17.7. The van der Waals surface area contributed by atoms with Crippen LogP contribution < -0.4 is 5.73 Å². The Bertz CT molecular complexity index is 643. The molecule has 146 valence electrons. The first-order chi connectivity index (χ1) is 12.5. The maximum Gasteiger partial charge on any atom is 0.0522 e. The van der Waals surface area contributed by atoms with E-state index in [1.165, 1.54) is 43.4 Å². The standard InChI is InChI=1S/C22H37N3O/c1-4-15-5-6-18-17(11-23)19(7-8-21(15,18)2)22(3)10-14-12-24-25-20(14)9-16(22)13-26/h12,15-19,26H,4-11,13,23H2,1-3H3,(H,24,25)/t15-,16+,17-,18-,19-,21+,22+/m0/s1. The van der Waals surface area contributed by atoms with Gasteiger partial charge in [0, 0.05) is 12.3 Å². The molecular formula is C22H37N3O. The molecule has 0 saturated heterocycles. The van der Waals surface area contributed by atoms with Gasteiger partial charge in [0.15, 0.2) is 0 Å². The summed E-state index contributed by atoms with van der Waals surface area (Å²) in [5.74, 6) is 3.15. The first kappa shape index (κ1) is 18.5. The molecule has 0 unspecified atom stereocenters. The summed E-state index contributed by atoms with van der Waals surface area (Å²) in [5.41, 5.74) is 9.64. The highest BCUT2D eigenvalue weighted by Gasteiger charge is 2.57. The van der Waals surface area contributed by atoms with E-state index in [0.29, 0.717) is 23.2 Å². The Kier molecular flexibility index (Phi) is 4.71. The van der Waals surface area contributed by atoms with Gasteiger partial charge in [-0.15, -0.1) is 0 Å². The number of H-pyrrole nitrogens is 1. The monoisotopic (exact) mass is 359 g/mol. The maximum atomic E-state index is 10.2. The number of aromatic amines is 1. The quantitative estimate of drug-likeness (QED) is 0.769. The van der Waals surface area contributed by atoms with Crippen molar-refractivity contribution in [2.45, 2.75) is 65.7 Å². The third-order valence-corrected chi connectivity index (χ3v) is 9.23. The van der Waals surface area contributed by atoms with Gasteiger partial charge in [0.25, 0.3) is 0 Å². The van der Waals surface area contributed by atoms with Crippen LogP contribution in [-0.2, 0) is 12.8 Å². The zero-order valence-corrected chi connectivity index (χ0v) is 16.8. The second-order valence-corrected chi connectivity index (χ2v) is 9.98. The SMILES string of the molecule is CC[C@H]1CC[C@H]2[C@H](CN)[C@@H]([C@]3(C)Cc4cn[nH]c4C[C@@H]3CO)CC[C@]12C. The molecule has 3 aliphatic rings. The largest absolute Gasteiger partial charge is 0.396 e. The highest BCUT2D eigenvalue weighted by Crippen LogP contribution is 2.63. The Hall–Kier alpha value is -0.870. The number of nitrogens with one attached hydrogen (secondary N) is 1. The average Bonchev–Trinajstić information content (AvgIpc) is 3.22. The first-order valence-electron chi connectivity index (χ1n) is 10.8. The lowest BCUT2D eigenvalue weighted by atomic mass is 9.49. The minimum Gasteiger partial charge on any atom is -0.396 e. The number of aliphatic hydroxyl groups is 1. The number of hydrogen-bond acceptors (Lipinski definition) is 3. The number of fused-ring (bicyclic) bond motifs is 2. The number of aliphatic hydroxyl groups excluding tert-OH is 1. The van der Waals surface area contributed by atoms with Crippen LogP contribution in [0.4, 0.5) is 0 Å². The van der Waals surface area contributed by atoms with E-state index in [2.05, 4.69) is 31.0 Å². The maximum absolute atomic E-state index is 10.2. The summed E-state index contributed by atoms with van der Waals surface area (Å²) in [6.45, 7) is 8.42. The molecule has 3 aliphatic carbocycles. The van der Waals surface area contributed by atoms with Crippen molar-refractivity contribution < 1.29 is 5.11 Å². The fourth-order valence-electron chi connectivity index (χ4n) is 7.62. The number of rotatable bonds is 4. The molecular weight excluding hydrogens is 322 g/mol. The Morgan fingerprint density at radius 3 is 2.65 bits per heavy atom. The minimum absolute atomic E-state index is 0.126. The Morgan fingerprint density at radius 2 is 1.96 bits per heavy atom. The second-order valence-electron chi connectivity index (χ2n) is 9.98. The average molecular weight is 360 g/mol. The molecule has 7 atom stereocenters. The molecule has 4 rings (SSSR count). The van der Waals surface area contributed by atoms with Crippen LogP contribution in [0.5, 0.6) is 0 Å². The van der Waals surface area contributed by atoms with E-state index in [0.717, 1.165) is 31.2 Å². The minimum atomic E-state index is 0.126. The molecule has 4 nitrogen and oxygen atoms in total. The highest BCUT2D eigenvalue weighted by atomic mass is 16.3. The number of hydrogen-bond donors (Lipinski definition) is 3. The fraction of sp³-hybridized carbons (Fsp3) is 0.864. The van der Waals surface area contributed by atoms with E-state index < -0.39 is 0 Å². The van der Waals surface area contributed by atoms with Gasteiger partial charge < -0.3 is 10.8 Å². The molecule has 0 bridgehead atoms. The van der Waals surface area contributed by atoms with Gasteiger partial charge in [0.05, 0.1) is 6.20 Å². The van der Waals surface area contributed by atoms with E-state index in [1.54, 1.807) is 0 Å². The van der Waals surface area contributed by atoms with Crippen molar-refractivity contribution in [3.05, 3.63) is 17.5 Å². The number of nitrogens with zero attached hydrogens (tertiary/aromatic N) is 1. The lowest BCUT2D eigenvalue weighted by molar-refractivity contribution is -0.0708. The van der Waals surface area contributed by atoms with Crippen LogP contribution in [0.3, 0.4) is 0 Å². The predicted octanol–water partition coefficient (Wildman–Crippen LogP) is 3.55. The van der Waals surface area contributed by atoms with Gasteiger partial charge in [-0.25, -0.2) is 0 Å². The molecule has 2 fully saturated rings. The van der Waals surface area contributed by atoms with E-state index >= 15 is 0 Å². The van der Waals surface area contributed by atoms with Gasteiger partial charge in [0.2, 0.25) is 0 Å². The van der Waals surface area contributed by atoms with Crippen molar-refractivity contribution in [3.63, 3.8) is 0 Å². The van der Waals surface area contributed by atoms with Gasteiger partial charge >= 0.3 is 0 Å². The number of nitrogens with two attached hydrogens (primary N) is 1. The van der Waals surface area contributed by atoms with E-state index in [-0.39, 0.29) is 12.0 Å². The van der Waals surface area contributed by atoms with Crippen molar-refractivity contribution in [1.82, 2.24) is 10.2 Å². The lowest BCUT2D eigenvalue weighted by Crippen LogP contribution is -2.53. The van der Waals surface area contributed by atoms with Crippen LogP contribution >= 0.6 is 0 Å². The van der Waals surface area contributed by atoms with Crippen LogP contribution in [0.25, 0.3) is 0 Å². The molecule has 0 aliphatic heterocycles. The summed E-state index contributed by atoms with van der Waals surface area (Å²) in [4.78, 5) is 0. The van der Waals surface area contributed by atoms with Gasteiger partial charge in [0.1, 0.15) is 0 Å². The zero-order chi connectivity index (χ0) is 18.5. The highest BCUT2D eigenvalue weighted by molar-refractivity contribution is 5.25. The van der Waals surface area contributed by atoms with Crippen LogP contribution in [0.2, 0.25) is 0 Å². The Morgan fingerprint density at radius 1 is 1.19 bits per heavy atom. The normalized spacial score (nSPS) is 45.3.